The fourth-order valence-electron chi connectivity index (χ4n) is 2.02. The fraction of sp³-hybridized carbons (Fsp3) is 0.500. The first-order valence-electron chi connectivity index (χ1n) is 5.74. The third-order valence-electron chi connectivity index (χ3n) is 2.94. The molecule has 0 saturated carbocycles. The van der Waals surface area contributed by atoms with E-state index in [0.717, 1.165) is 29.6 Å². The van der Waals surface area contributed by atoms with Gasteiger partial charge in [0.1, 0.15) is 0 Å². The van der Waals surface area contributed by atoms with Crippen molar-refractivity contribution in [3.8, 4) is 0 Å². The van der Waals surface area contributed by atoms with Gasteiger partial charge in [-0.05, 0) is 47.0 Å². The molecule has 17 heavy (non-hydrogen) atoms. The molecular weight excluding hydrogens is 304 g/mol. The van der Waals surface area contributed by atoms with Crippen LogP contribution >= 0.6 is 27.5 Å². The molecule has 2 atom stereocenters. The zero-order valence-corrected chi connectivity index (χ0v) is 11.8. The van der Waals surface area contributed by atoms with Gasteiger partial charge in [-0.25, -0.2) is 0 Å². The molecule has 0 amide bonds. The smallest absolute Gasteiger partial charge is 0.0789 e. The Morgan fingerprint density at radius 2 is 2.41 bits per heavy atom. The van der Waals surface area contributed by atoms with E-state index in [4.69, 9.17) is 22.1 Å². The van der Waals surface area contributed by atoms with Crippen LogP contribution in [0.2, 0.25) is 5.02 Å². The van der Waals surface area contributed by atoms with Gasteiger partial charge in [0.05, 0.1) is 17.2 Å². The summed E-state index contributed by atoms with van der Waals surface area (Å²) < 4.78 is 6.54. The molecular formula is C12H16BrClN2O. The second kappa shape index (κ2) is 6.05. The minimum absolute atomic E-state index is 0.148. The van der Waals surface area contributed by atoms with Crippen molar-refractivity contribution < 1.29 is 4.74 Å². The van der Waals surface area contributed by atoms with Crippen LogP contribution in [0, 0.1) is 0 Å². The molecule has 94 valence electrons. The van der Waals surface area contributed by atoms with Crippen molar-refractivity contribution >= 4 is 33.2 Å². The van der Waals surface area contributed by atoms with Crippen LogP contribution in [0.1, 0.15) is 12.8 Å². The van der Waals surface area contributed by atoms with E-state index in [0.29, 0.717) is 11.6 Å². The Labute approximate surface area is 115 Å². The first-order valence-corrected chi connectivity index (χ1v) is 6.91. The highest BCUT2D eigenvalue weighted by Gasteiger charge is 2.24. The number of nitrogens with two attached hydrogens (primary N) is 1. The highest BCUT2D eigenvalue weighted by atomic mass is 79.9. The Kier molecular flexibility index (Phi) is 4.68. The van der Waals surface area contributed by atoms with Crippen molar-refractivity contribution in [2.45, 2.75) is 25.0 Å². The van der Waals surface area contributed by atoms with Gasteiger partial charge in [0.25, 0.3) is 0 Å². The molecule has 0 radical (unpaired) electrons. The Morgan fingerprint density at radius 3 is 3.00 bits per heavy atom. The highest BCUT2D eigenvalue weighted by Crippen LogP contribution is 2.27. The van der Waals surface area contributed by atoms with Crippen molar-refractivity contribution in [1.82, 2.24) is 0 Å². The summed E-state index contributed by atoms with van der Waals surface area (Å²) in [7, 11) is 0. The lowest BCUT2D eigenvalue weighted by Gasteiger charge is -2.24. The average Bonchev–Trinajstić information content (AvgIpc) is 2.84. The summed E-state index contributed by atoms with van der Waals surface area (Å²) in [5, 5.41) is 4.08. The summed E-state index contributed by atoms with van der Waals surface area (Å²) in [4.78, 5) is 0. The number of rotatable bonds is 4. The summed E-state index contributed by atoms with van der Waals surface area (Å²) in [6, 6.07) is 5.94. The molecule has 0 aromatic heterocycles. The van der Waals surface area contributed by atoms with Gasteiger partial charge in [0.2, 0.25) is 0 Å². The van der Waals surface area contributed by atoms with Crippen LogP contribution < -0.4 is 11.1 Å². The molecule has 2 unspecified atom stereocenters. The van der Waals surface area contributed by atoms with Gasteiger partial charge in [0, 0.05) is 23.3 Å². The standard InChI is InChI=1S/C12H16BrClN2O/c13-9-4-3-8(6-10(9)14)16-11(7-15)12-2-1-5-17-12/h3-4,6,11-12,16H,1-2,5,7,15H2. The van der Waals surface area contributed by atoms with Gasteiger partial charge in [0.15, 0.2) is 0 Å². The number of halogens is 2. The monoisotopic (exact) mass is 318 g/mol. The minimum Gasteiger partial charge on any atom is -0.378 e. The van der Waals surface area contributed by atoms with Crippen LogP contribution in [-0.2, 0) is 4.74 Å². The molecule has 1 saturated heterocycles. The molecule has 1 fully saturated rings. The Bertz CT molecular complexity index is 383. The van der Waals surface area contributed by atoms with Gasteiger partial charge < -0.3 is 15.8 Å². The van der Waals surface area contributed by atoms with Gasteiger partial charge in [-0.3, -0.25) is 0 Å². The second-order valence-corrected chi connectivity index (χ2v) is 5.43. The van der Waals surface area contributed by atoms with Gasteiger partial charge in [-0.1, -0.05) is 11.6 Å². The maximum absolute atomic E-state index is 6.05. The van der Waals surface area contributed by atoms with Crippen molar-refractivity contribution in [2.75, 3.05) is 18.5 Å². The third kappa shape index (κ3) is 3.35. The quantitative estimate of drug-likeness (QED) is 0.897. The maximum atomic E-state index is 6.05. The lowest BCUT2D eigenvalue weighted by atomic mass is 10.1. The molecule has 5 heteroatoms. The molecule has 1 aliphatic rings. The Hall–Kier alpha value is -0.290. The van der Waals surface area contributed by atoms with E-state index in [-0.39, 0.29) is 12.1 Å². The van der Waals surface area contributed by atoms with E-state index >= 15 is 0 Å². The number of benzene rings is 1. The van der Waals surface area contributed by atoms with E-state index in [9.17, 15) is 0 Å². The number of hydrogen-bond acceptors (Lipinski definition) is 3. The van der Waals surface area contributed by atoms with Crippen LogP contribution in [0.5, 0.6) is 0 Å². The SMILES string of the molecule is NCC(Nc1ccc(Br)c(Cl)c1)C1CCCO1. The number of nitrogens with one attached hydrogen (secondary N) is 1. The van der Waals surface area contributed by atoms with Crippen LogP contribution in [0.4, 0.5) is 5.69 Å². The molecule has 2 rings (SSSR count). The molecule has 0 spiro atoms. The lowest BCUT2D eigenvalue weighted by molar-refractivity contribution is 0.0973. The maximum Gasteiger partial charge on any atom is 0.0789 e. The average molecular weight is 320 g/mol. The predicted molar refractivity (Wildman–Crippen MR) is 74.6 cm³/mol. The van der Waals surface area contributed by atoms with E-state index in [1.807, 2.05) is 18.2 Å². The topological polar surface area (TPSA) is 47.3 Å². The molecule has 0 aliphatic carbocycles. The molecule has 0 bridgehead atoms. The summed E-state index contributed by atoms with van der Waals surface area (Å²) in [6.45, 7) is 1.39. The van der Waals surface area contributed by atoms with E-state index < -0.39 is 0 Å². The second-order valence-electron chi connectivity index (χ2n) is 4.17. The molecule has 1 aromatic rings. The molecule has 3 N–H and O–H groups in total. The normalized spacial score (nSPS) is 21.5. The predicted octanol–water partition coefficient (Wildman–Crippen LogP) is 3.02. The summed E-state index contributed by atoms with van der Waals surface area (Å²) in [5.41, 5.74) is 6.76. The van der Waals surface area contributed by atoms with E-state index in [1.54, 1.807) is 0 Å². The van der Waals surface area contributed by atoms with Crippen molar-refractivity contribution in [1.29, 1.82) is 0 Å². The Morgan fingerprint density at radius 1 is 1.59 bits per heavy atom. The number of hydrogen-bond donors (Lipinski definition) is 2. The van der Waals surface area contributed by atoms with Crippen molar-refractivity contribution in [2.24, 2.45) is 5.73 Å². The number of ether oxygens (including phenoxy) is 1. The first-order chi connectivity index (χ1) is 8.20. The lowest BCUT2D eigenvalue weighted by Crippen LogP contribution is -2.39. The molecule has 1 heterocycles. The summed E-state index contributed by atoms with van der Waals surface area (Å²) in [6.07, 6.45) is 2.39. The van der Waals surface area contributed by atoms with Crippen LogP contribution in [0.15, 0.2) is 22.7 Å². The van der Waals surface area contributed by atoms with Crippen molar-refractivity contribution in [3.63, 3.8) is 0 Å². The zero-order valence-electron chi connectivity index (χ0n) is 9.46. The highest BCUT2D eigenvalue weighted by molar-refractivity contribution is 9.10. The fourth-order valence-corrected chi connectivity index (χ4v) is 2.45. The van der Waals surface area contributed by atoms with Gasteiger partial charge in [-0.15, -0.1) is 0 Å². The molecule has 3 nitrogen and oxygen atoms in total. The van der Waals surface area contributed by atoms with Crippen LogP contribution in [0.25, 0.3) is 0 Å². The van der Waals surface area contributed by atoms with Crippen LogP contribution in [-0.4, -0.2) is 25.3 Å². The zero-order chi connectivity index (χ0) is 12.3. The number of anilines is 1. The Balaban J connectivity index is 2.04. The summed E-state index contributed by atoms with van der Waals surface area (Å²) in [5.74, 6) is 0. The van der Waals surface area contributed by atoms with Gasteiger partial charge >= 0.3 is 0 Å². The largest absolute Gasteiger partial charge is 0.378 e. The first kappa shape index (κ1) is 13.1. The van der Waals surface area contributed by atoms with E-state index in [2.05, 4.69) is 21.2 Å². The molecule has 1 aromatic carbocycles. The third-order valence-corrected chi connectivity index (χ3v) is 4.17. The summed E-state index contributed by atoms with van der Waals surface area (Å²) >= 11 is 9.42. The minimum atomic E-state index is 0.148. The molecule has 1 aliphatic heterocycles. The van der Waals surface area contributed by atoms with Crippen molar-refractivity contribution in [3.05, 3.63) is 27.7 Å². The van der Waals surface area contributed by atoms with E-state index in [1.165, 1.54) is 0 Å². The van der Waals surface area contributed by atoms with Gasteiger partial charge in [-0.2, -0.15) is 0 Å². The van der Waals surface area contributed by atoms with Crippen LogP contribution in [0.3, 0.4) is 0 Å².